The van der Waals surface area contributed by atoms with Gasteiger partial charge in [0.15, 0.2) is 5.96 Å². The van der Waals surface area contributed by atoms with Crippen molar-refractivity contribution in [2.75, 3.05) is 38.1 Å². The molecule has 2 rings (SSSR count). The molecule has 0 atom stereocenters. The van der Waals surface area contributed by atoms with Crippen LogP contribution in [0.25, 0.3) is 0 Å². The van der Waals surface area contributed by atoms with Crippen LogP contribution in [0.15, 0.2) is 41.4 Å². The average Bonchev–Trinajstić information content (AvgIpc) is 3.11. The van der Waals surface area contributed by atoms with Crippen molar-refractivity contribution in [3.8, 4) is 0 Å². The Kier molecular flexibility index (Phi) is 9.83. The van der Waals surface area contributed by atoms with Crippen molar-refractivity contribution in [1.82, 2.24) is 10.2 Å². The summed E-state index contributed by atoms with van der Waals surface area (Å²) >= 11 is 0. The molecule has 0 radical (unpaired) electrons. The fraction of sp³-hybridized carbons (Fsp3) is 0.526. The van der Waals surface area contributed by atoms with Gasteiger partial charge in [-0.05, 0) is 31.0 Å². The van der Waals surface area contributed by atoms with Gasteiger partial charge in [0.05, 0.1) is 6.54 Å². The third kappa shape index (κ3) is 6.34. The van der Waals surface area contributed by atoms with Crippen molar-refractivity contribution in [2.24, 2.45) is 4.99 Å². The zero-order valence-electron chi connectivity index (χ0n) is 15.2. The molecule has 0 aromatic heterocycles. The summed E-state index contributed by atoms with van der Waals surface area (Å²) in [5, 5.41) is 3.39. The summed E-state index contributed by atoms with van der Waals surface area (Å²) in [6, 6.07) is 8.73. The molecular formula is C19H31IN4. The van der Waals surface area contributed by atoms with Gasteiger partial charge < -0.3 is 15.1 Å². The molecule has 1 aromatic carbocycles. The number of anilines is 1. The van der Waals surface area contributed by atoms with Crippen LogP contribution in [0.3, 0.4) is 0 Å². The molecule has 0 amide bonds. The number of guanidine groups is 1. The topological polar surface area (TPSA) is 30.9 Å². The van der Waals surface area contributed by atoms with Gasteiger partial charge in [-0.15, -0.1) is 24.0 Å². The Morgan fingerprint density at radius 3 is 2.67 bits per heavy atom. The smallest absolute Gasteiger partial charge is 0.193 e. The highest BCUT2D eigenvalue weighted by Gasteiger charge is 2.08. The first-order valence-electron chi connectivity index (χ1n) is 8.73. The standard InChI is InChI=1S/C19H30N4.HI/c1-4-6-12-22(3)19(20-5-2)21-16-17-10-9-11-18(15-17)23-13-7-8-14-23;/h7-11,15H,4-6,12-14,16H2,1-3H3,(H,20,21);1H. The van der Waals surface area contributed by atoms with Crippen molar-refractivity contribution >= 4 is 35.6 Å². The van der Waals surface area contributed by atoms with E-state index in [1.165, 1.54) is 24.1 Å². The molecule has 5 heteroatoms. The second-order valence-electron chi connectivity index (χ2n) is 5.99. The van der Waals surface area contributed by atoms with Gasteiger partial charge in [0.1, 0.15) is 0 Å². The largest absolute Gasteiger partial charge is 0.364 e. The number of rotatable bonds is 7. The summed E-state index contributed by atoms with van der Waals surface area (Å²) in [6.45, 7) is 9.01. The Hall–Kier alpha value is -1.24. The van der Waals surface area contributed by atoms with E-state index < -0.39 is 0 Å². The van der Waals surface area contributed by atoms with Crippen molar-refractivity contribution in [3.63, 3.8) is 0 Å². The zero-order valence-corrected chi connectivity index (χ0v) is 17.5. The third-order valence-corrected chi connectivity index (χ3v) is 4.05. The minimum absolute atomic E-state index is 0. The maximum atomic E-state index is 4.80. The summed E-state index contributed by atoms with van der Waals surface area (Å²) < 4.78 is 0. The van der Waals surface area contributed by atoms with Crippen LogP contribution in [0, 0.1) is 0 Å². The predicted octanol–water partition coefficient (Wildman–Crippen LogP) is 3.88. The number of unbranched alkanes of at least 4 members (excludes halogenated alkanes) is 1. The molecule has 134 valence electrons. The van der Waals surface area contributed by atoms with Crippen LogP contribution < -0.4 is 10.2 Å². The Morgan fingerprint density at radius 1 is 1.25 bits per heavy atom. The van der Waals surface area contributed by atoms with Crippen LogP contribution in [0.1, 0.15) is 32.3 Å². The number of aliphatic imine (C=N–C) groups is 1. The molecule has 4 nitrogen and oxygen atoms in total. The highest BCUT2D eigenvalue weighted by Crippen LogP contribution is 2.19. The third-order valence-electron chi connectivity index (χ3n) is 4.05. The van der Waals surface area contributed by atoms with Gasteiger partial charge in [0.25, 0.3) is 0 Å². The lowest BCUT2D eigenvalue weighted by molar-refractivity contribution is 0.465. The lowest BCUT2D eigenvalue weighted by Gasteiger charge is -2.22. The Bertz CT molecular complexity index is 534. The molecule has 0 saturated heterocycles. The van der Waals surface area contributed by atoms with Gasteiger partial charge in [-0.25, -0.2) is 4.99 Å². The number of hydrogen-bond acceptors (Lipinski definition) is 2. The first-order chi connectivity index (χ1) is 11.2. The van der Waals surface area contributed by atoms with Crippen LogP contribution in [-0.2, 0) is 6.54 Å². The second kappa shape index (κ2) is 11.3. The minimum Gasteiger partial charge on any atom is -0.364 e. The molecule has 1 aliphatic heterocycles. The van der Waals surface area contributed by atoms with E-state index in [9.17, 15) is 0 Å². The van der Waals surface area contributed by atoms with Crippen LogP contribution >= 0.6 is 24.0 Å². The maximum Gasteiger partial charge on any atom is 0.193 e. The summed E-state index contributed by atoms with van der Waals surface area (Å²) in [5.74, 6) is 0.995. The number of nitrogens with one attached hydrogen (secondary N) is 1. The Labute approximate surface area is 164 Å². The molecule has 1 aromatic rings. The molecule has 0 bridgehead atoms. The molecule has 1 heterocycles. The van der Waals surface area contributed by atoms with E-state index in [2.05, 4.69) is 72.4 Å². The number of hydrogen-bond donors (Lipinski definition) is 1. The van der Waals surface area contributed by atoms with E-state index in [0.29, 0.717) is 6.54 Å². The van der Waals surface area contributed by atoms with Crippen LogP contribution in [0.5, 0.6) is 0 Å². The first kappa shape index (κ1) is 20.8. The molecular weight excluding hydrogens is 411 g/mol. The molecule has 24 heavy (non-hydrogen) atoms. The van der Waals surface area contributed by atoms with Crippen molar-refractivity contribution in [1.29, 1.82) is 0 Å². The van der Waals surface area contributed by atoms with E-state index in [1.807, 2.05) is 0 Å². The minimum atomic E-state index is 0. The molecule has 0 aliphatic carbocycles. The highest BCUT2D eigenvalue weighted by molar-refractivity contribution is 14.0. The quantitative estimate of drug-likeness (QED) is 0.301. The van der Waals surface area contributed by atoms with Gasteiger partial charge in [-0.2, -0.15) is 0 Å². The van der Waals surface area contributed by atoms with E-state index in [0.717, 1.165) is 32.1 Å². The molecule has 0 fully saturated rings. The van der Waals surface area contributed by atoms with Gasteiger partial charge in [-0.1, -0.05) is 37.6 Å². The average molecular weight is 442 g/mol. The van der Waals surface area contributed by atoms with E-state index >= 15 is 0 Å². The molecule has 0 saturated carbocycles. The lowest BCUT2D eigenvalue weighted by atomic mass is 10.2. The Morgan fingerprint density at radius 2 is 2.00 bits per heavy atom. The fourth-order valence-electron chi connectivity index (χ4n) is 2.68. The van der Waals surface area contributed by atoms with Crippen molar-refractivity contribution in [3.05, 3.63) is 42.0 Å². The normalized spacial score (nSPS) is 13.8. The summed E-state index contributed by atoms with van der Waals surface area (Å²) in [7, 11) is 2.11. The highest BCUT2D eigenvalue weighted by atomic mass is 127. The van der Waals surface area contributed by atoms with Gasteiger partial charge in [0.2, 0.25) is 0 Å². The van der Waals surface area contributed by atoms with Crippen molar-refractivity contribution < 1.29 is 0 Å². The van der Waals surface area contributed by atoms with Crippen LogP contribution in [0.4, 0.5) is 5.69 Å². The van der Waals surface area contributed by atoms with Crippen LogP contribution in [-0.4, -0.2) is 44.1 Å². The molecule has 0 spiro atoms. The number of nitrogens with zero attached hydrogens (tertiary/aromatic N) is 3. The predicted molar refractivity (Wildman–Crippen MR) is 116 cm³/mol. The van der Waals surface area contributed by atoms with Crippen LogP contribution in [0.2, 0.25) is 0 Å². The lowest BCUT2D eigenvalue weighted by Crippen LogP contribution is -2.39. The molecule has 1 N–H and O–H groups in total. The summed E-state index contributed by atoms with van der Waals surface area (Å²) in [4.78, 5) is 9.39. The Balaban J connectivity index is 0.00000288. The van der Waals surface area contributed by atoms with E-state index in [4.69, 9.17) is 4.99 Å². The molecule has 1 aliphatic rings. The summed E-state index contributed by atoms with van der Waals surface area (Å²) in [5.41, 5.74) is 2.54. The van der Waals surface area contributed by atoms with Gasteiger partial charge in [0, 0.05) is 38.9 Å². The fourth-order valence-corrected chi connectivity index (χ4v) is 2.68. The zero-order chi connectivity index (χ0) is 16.5. The van der Waals surface area contributed by atoms with Gasteiger partial charge >= 0.3 is 0 Å². The van der Waals surface area contributed by atoms with Crippen molar-refractivity contribution in [2.45, 2.75) is 33.2 Å². The maximum absolute atomic E-state index is 4.80. The monoisotopic (exact) mass is 442 g/mol. The number of benzene rings is 1. The number of halogens is 1. The first-order valence-corrected chi connectivity index (χ1v) is 8.73. The SMILES string of the molecule is CCCCN(C)C(=NCc1cccc(N2CC=CC2)c1)NCC.I. The van der Waals surface area contributed by atoms with E-state index in [1.54, 1.807) is 0 Å². The second-order valence-corrected chi connectivity index (χ2v) is 5.99. The summed E-state index contributed by atoms with van der Waals surface area (Å²) in [6.07, 6.45) is 6.83. The van der Waals surface area contributed by atoms with Gasteiger partial charge in [-0.3, -0.25) is 0 Å². The van der Waals surface area contributed by atoms with E-state index in [-0.39, 0.29) is 24.0 Å². The molecule has 0 unspecified atom stereocenters.